The number of nitrogens with zero attached hydrogens (tertiary/aromatic N) is 1. The Kier molecular flexibility index (Phi) is 4.85. The van der Waals surface area contributed by atoms with Crippen LogP contribution in [0.25, 0.3) is 0 Å². The first-order valence-electron chi connectivity index (χ1n) is 4.19. The van der Waals surface area contributed by atoms with Crippen LogP contribution in [-0.4, -0.2) is 16.1 Å². The molecular weight excluding hydrogens is 354 g/mol. The molecule has 0 amide bonds. The molecule has 0 atom stereocenters. The van der Waals surface area contributed by atoms with Crippen LogP contribution in [0.1, 0.15) is 23.2 Å². The molecule has 0 fully saturated rings. The summed E-state index contributed by atoms with van der Waals surface area (Å²) in [5.41, 5.74) is 0.190. The summed E-state index contributed by atoms with van der Waals surface area (Å²) in [6.45, 7) is 0. The molecule has 0 saturated heterocycles. The summed E-state index contributed by atoms with van der Waals surface area (Å²) in [4.78, 5) is 14.2. The van der Waals surface area contributed by atoms with E-state index >= 15 is 0 Å². The molecule has 1 heterocycles. The molecule has 1 aromatic rings. The standard InChI is InChI=1S/C9H7ClF2INO2/c10-3-5-1-4(2-6(15)16)9(13)14-7(5)8(11)12/h1,8H,2-3H2,(H,15,16). The van der Waals surface area contributed by atoms with Crippen LogP contribution < -0.4 is 0 Å². The van der Waals surface area contributed by atoms with Crippen molar-refractivity contribution in [3.8, 4) is 0 Å². The van der Waals surface area contributed by atoms with E-state index in [-0.39, 0.29) is 27.3 Å². The van der Waals surface area contributed by atoms with Crippen molar-refractivity contribution >= 4 is 40.2 Å². The number of carboxylic acids is 1. The van der Waals surface area contributed by atoms with Crippen molar-refractivity contribution in [2.45, 2.75) is 18.7 Å². The fourth-order valence-electron chi connectivity index (χ4n) is 1.18. The number of carbonyl (C=O) groups is 1. The van der Waals surface area contributed by atoms with E-state index in [4.69, 9.17) is 16.7 Å². The predicted molar refractivity (Wildman–Crippen MR) is 62.8 cm³/mol. The number of aromatic nitrogens is 1. The summed E-state index contributed by atoms with van der Waals surface area (Å²) in [6.07, 6.45) is -2.96. The van der Waals surface area contributed by atoms with Crippen LogP contribution in [0.4, 0.5) is 8.78 Å². The summed E-state index contributed by atoms with van der Waals surface area (Å²) in [5, 5.41) is 8.62. The molecule has 0 radical (unpaired) electrons. The summed E-state index contributed by atoms with van der Waals surface area (Å²) in [7, 11) is 0. The summed E-state index contributed by atoms with van der Waals surface area (Å²) >= 11 is 7.25. The highest BCUT2D eigenvalue weighted by atomic mass is 127. The predicted octanol–water partition coefficient (Wildman–Crippen LogP) is 2.99. The van der Waals surface area contributed by atoms with Crippen molar-refractivity contribution in [1.29, 1.82) is 0 Å². The van der Waals surface area contributed by atoms with Gasteiger partial charge in [0.2, 0.25) is 0 Å². The van der Waals surface area contributed by atoms with Crippen molar-refractivity contribution in [3.05, 3.63) is 26.6 Å². The highest BCUT2D eigenvalue weighted by Gasteiger charge is 2.18. The van der Waals surface area contributed by atoms with E-state index in [2.05, 4.69) is 4.98 Å². The zero-order chi connectivity index (χ0) is 12.3. The highest BCUT2D eigenvalue weighted by Crippen LogP contribution is 2.25. The van der Waals surface area contributed by atoms with E-state index in [1.54, 1.807) is 22.6 Å². The maximum atomic E-state index is 12.5. The Labute approximate surface area is 109 Å². The lowest BCUT2D eigenvalue weighted by molar-refractivity contribution is -0.136. The molecule has 0 unspecified atom stereocenters. The fourth-order valence-corrected chi connectivity index (χ4v) is 2.00. The molecule has 3 nitrogen and oxygen atoms in total. The lowest BCUT2D eigenvalue weighted by Crippen LogP contribution is -2.07. The average Bonchev–Trinajstić information content (AvgIpc) is 2.19. The Bertz CT molecular complexity index is 415. The average molecular weight is 362 g/mol. The van der Waals surface area contributed by atoms with Gasteiger partial charge in [-0.25, -0.2) is 13.8 Å². The first-order chi connectivity index (χ1) is 7.45. The van der Waals surface area contributed by atoms with Gasteiger partial charge in [0.15, 0.2) is 0 Å². The van der Waals surface area contributed by atoms with Crippen LogP contribution in [0, 0.1) is 3.70 Å². The lowest BCUT2D eigenvalue weighted by Gasteiger charge is -2.09. The Balaban J connectivity index is 3.20. The largest absolute Gasteiger partial charge is 0.481 e. The zero-order valence-electron chi connectivity index (χ0n) is 7.88. The fraction of sp³-hybridized carbons (Fsp3) is 0.333. The van der Waals surface area contributed by atoms with E-state index in [1.807, 2.05) is 0 Å². The zero-order valence-corrected chi connectivity index (χ0v) is 10.8. The van der Waals surface area contributed by atoms with Gasteiger partial charge in [-0.1, -0.05) is 0 Å². The molecule has 0 aliphatic heterocycles. The quantitative estimate of drug-likeness (QED) is 0.510. The lowest BCUT2D eigenvalue weighted by atomic mass is 10.1. The minimum Gasteiger partial charge on any atom is -0.481 e. The second-order valence-electron chi connectivity index (χ2n) is 2.99. The van der Waals surface area contributed by atoms with E-state index < -0.39 is 12.4 Å². The number of hydrogen-bond acceptors (Lipinski definition) is 2. The number of rotatable bonds is 4. The van der Waals surface area contributed by atoms with Gasteiger partial charge in [-0.3, -0.25) is 4.79 Å². The highest BCUT2D eigenvalue weighted by molar-refractivity contribution is 14.1. The molecule has 1 aromatic heterocycles. The molecular formula is C9H7ClF2INO2. The second kappa shape index (κ2) is 5.72. The third kappa shape index (κ3) is 3.24. The van der Waals surface area contributed by atoms with Gasteiger partial charge in [-0.15, -0.1) is 11.6 Å². The van der Waals surface area contributed by atoms with Gasteiger partial charge in [0.25, 0.3) is 6.43 Å². The van der Waals surface area contributed by atoms with Crippen molar-refractivity contribution in [1.82, 2.24) is 4.98 Å². The van der Waals surface area contributed by atoms with Gasteiger partial charge < -0.3 is 5.11 Å². The maximum absolute atomic E-state index is 12.5. The molecule has 1 rings (SSSR count). The molecule has 0 saturated carbocycles. The molecule has 0 bridgehead atoms. The van der Waals surface area contributed by atoms with Crippen LogP contribution in [0.3, 0.4) is 0 Å². The van der Waals surface area contributed by atoms with Gasteiger partial charge in [0.05, 0.1) is 6.42 Å². The summed E-state index contributed by atoms with van der Waals surface area (Å²) < 4.78 is 25.4. The number of pyridine rings is 1. The van der Waals surface area contributed by atoms with E-state index in [9.17, 15) is 13.6 Å². The van der Waals surface area contributed by atoms with Gasteiger partial charge in [0.1, 0.15) is 9.39 Å². The van der Waals surface area contributed by atoms with Gasteiger partial charge in [-0.05, 0) is 39.8 Å². The van der Waals surface area contributed by atoms with E-state index in [0.717, 1.165) is 0 Å². The van der Waals surface area contributed by atoms with E-state index in [1.165, 1.54) is 6.07 Å². The van der Waals surface area contributed by atoms with Gasteiger partial charge in [0, 0.05) is 5.88 Å². The Morgan fingerprint density at radius 1 is 1.56 bits per heavy atom. The first kappa shape index (κ1) is 13.6. The normalized spacial score (nSPS) is 10.8. The number of alkyl halides is 3. The number of halogens is 4. The van der Waals surface area contributed by atoms with Crippen LogP contribution in [0.5, 0.6) is 0 Å². The van der Waals surface area contributed by atoms with Crippen LogP contribution in [0.15, 0.2) is 6.07 Å². The molecule has 0 spiro atoms. The van der Waals surface area contributed by atoms with Gasteiger partial charge >= 0.3 is 5.97 Å². The first-order valence-corrected chi connectivity index (χ1v) is 5.81. The molecule has 0 aliphatic rings. The Morgan fingerprint density at radius 3 is 2.62 bits per heavy atom. The Morgan fingerprint density at radius 2 is 2.19 bits per heavy atom. The SMILES string of the molecule is O=C(O)Cc1cc(CCl)c(C(F)F)nc1I. The van der Waals surface area contributed by atoms with Crippen molar-refractivity contribution in [2.75, 3.05) is 0 Å². The smallest absolute Gasteiger partial charge is 0.307 e. The maximum Gasteiger partial charge on any atom is 0.307 e. The van der Waals surface area contributed by atoms with E-state index in [0.29, 0.717) is 5.56 Å². The summed E-state index contributed by atoms with van der Waals surface area (Å²) in [5.74, 6) is -1.15. The third-order valence-electron chi connectivity index (χ3n) is 1.85. The third-order valence-corrected chi connectivity index (χ3v) is 3.08. The van der Waals surface area contributed by atoms with Crippen LogP contribution in [-0.2, 0) is 17.1 Å². The monoisotopic (exact) mass is 361 g/mol. The molecule has 0 aliphatic carbocycles. The molecule has 0 aromatic carbocycles. The second-order valence-corrected chi connectivity index (χ2v) is 4.28. The molecule has 88 valence electrons. The van der Waals surface area contributed by atoms with Crippen molar-refractivity contribution in [2.24, 2.45) is 0 Å². The minimum atomic E-state index is -2.71. The molecule has 1 N–H and O–H groups in total. The number of carboxylic acid groups (broad SMARTS) is 1. The minimum absolute atomic E-state index is 0.115. The summed E-state index contributed by atoms with van der Waals surface area (Å²) in [6, 6.07) is 1.37. The number of hydrogen-bond donors (Lipinski definition) is 1. The van der Waals surface area contributed by atoms with Crippen molar-refractivity contribution < 1.29 is 18.7 Å². The molecule has 16 heavy (non-hydrogen) atoms. The van der Waals surface area contributed by atoms with Gasteiger partial charge in [-0.2, -0.15) is 0 Å². The topological polar surface area (TPSA) is 50.2 Å². The van der Waals surface area contributed by atoms with Crippen LogP contribution >= 0.6 is 34.2 Å². The Hall–Kier alpha value is -0.500. The number of aliphatic carboxylic acids is 1. The molecule has 7 heteroatoms. The van der Waals surface area contributed by atoms with Crippen molar-refractivity contribution in [3.63, 3.8) is 0 Å². The van der Waals surface area contributed by atoms with Crippen LogP contribution in [0.2, 0.25) is 0 Å².